The van der Waals surface area contributed by atoms with E-state index in [1.54, 1.807) is 23.1 Å². The van der Waals surface area contributed by atoms with Gasteiger partial charge in [0.2, 0.25) is 17.7 Å². The third-order valence-electron chi connectivity index (χ3n) is 7.98. The van der Waals surface area contributed by atoms with Crippen LogP contribution in [0.3, 0.4) is 0 Å². The van der Waals surface area contributed by atoms with Crippen LogP contribution in [-0.4, -0.2) is 65.8 Å². The van der Waals surface area contributed by atoms with E-state index in [4.69, 9.17) is 22.1 Å². The lowest BCUT2D eigenvalue weighted by atomic mass is 9.67. The number of amides is 4. The summed E-state index contributed by atoms with van der Waals surface area (Å²) in [5, 5.41) is 6.53. The van der Waals surface area contributed by atoms with Gasteiger partial charge in [0.05, 0.1) is 12.1 Å². The van der Waals surface area contributed by atoms with Crippen molar-refractivity contribution < 1.29 is 23.9 Å². The van der Waals surface area contributed by atoms with Crippen LogP contribution in [0.2, 0.25) is 5.02 Å². The molecule has 2 aliphatic heterocycles. The molecule has 10 nitrogen and oxygen atoms in total. The molecule has 5 rings (SSSR count). The number of halogens is 1. The van der Waals surface area contributed by atoms with Gasteiger partial charge in [-0.2, -0.15) is 0 Å². The van der Waals surface area contributed by atoms with Gasteiger partial charge in [0.15, 0.2) is 0 Å². The highest BCUT2D eigenvalue weighted by atomic mass is 35.5. The molecule has 1 saturated carbocycles. The molecule has 36 heavy (non-hydrogen) atoms. The first-order valence-corrected chi connectivity index (χ1v) is 12.6. The van der Waals surface area contributed by atoms with Crippen LogP contribution >= 0.6 is 11.6 Å². The number of fused-ring (bicyclic) bond motifs is 1. The van der Waals surface area contributed by atoms with Gasteiger partial charge in [-0.05, 0) is 55.7 Å². The minimum atomic E-state index is -0.986. The first kappa shape index (κ1) is 24.4. The maximum atomic E-state index is 13.7. The van der Waals surface area contributed by atoms with Crippen molar-refractivity contribution in [3.8, 4) is 5.75 Å². The van der Waals surface area contributed by atoms with E-state index in [-0.39, 0.29) is 29.6 Å². The summed E-state index contributed by atoms with van der Waals surface area (Å²) in [6.45, 7) is 0.999. The van der Waals surface area contributed by atoms with Crippen LogP contribution in [0.15, 0.2) is 18.2 Å². The fraction of sp³-hybridized carbons (Fsp3) is 0.520. The lowest BCUT2D eigenvalue weighted by Crippen LogP contribution is -2.53. The second kappa shape index (κ2) is 9.31. The molecule has 0 bridgehead atoms. The van der Waals surface area contributed by atoms with Gasteiger partial charge in [0.25, 0.3) is 5.91 Å². The number of nitrogens with one attached hydrogen (secondary N) is 3. The molecular weight excluding hydrogens is 486 g/mol. The Morgan fingerprint density at radius 3 is 2.72 bits per heavy atom. The number of nitrogens with two attached hydrogens (primary N) is 1. The van der Waals surface area contributed by atoms with Crippen molar-refractivity contribution >= 4 is 46.1 Å². The molecule has 1 aromatic heterocycles. The maximum absolute atomic E-state index is 13.7. The molecule has 4 amide bonds. The molecule has 1 aromatic carbocycles. The normalized spacial score (nSPS) is 23.4. The Balaban J connectivity index is 1.38. The lowest BCUT2D eigenvalue weighted by Gasteiger charge is -2.37. The molecule has 3 aliphatic rings. The number of rotatable bonds is 7. The Morgan fingerprint density at radius 1 is 1.33 bits per heavy atom. The molecule has 3 atom stereocenters. The van der Waals surface area contributed by atoms with Gasteiger partial charge >= 0.3 is 0 Å². The van der Waals surface area contributed by atoms with Gasteiger partial charge in [-0.25, -0.2) is 0 Å². The zero-order valence-corrected chi connectivity index (χ0v) is 20.8. The number of carbonyl (C=O) groups excluding carboxylic acids is 4. The Hall–Kier alpha value is -3.27. The smallest absolute Gasteiger partial charge is 0.271 e. The van der Waals surface area contributed by atoms with Crippen LogP contribution in [0, 0.1) is 11.3 Å². The monoisotopic (exact) mass is 515 g/mol. The largest absolute Gasteiger partial charge is 0.495 e. The lowest BCUT2D eigenvalue weighted by molar-refractivity contribution is -0.131. The fourth-order valence-corrected chi connectivity index (χ4v) is 6.08. The van der Waals surface area contributed by atoms with E-state index in [0.29, 0.717) is 53.3 Å². The summed E-state index contributed by atoms with van der Waals surface area (Å²) in [4.78, 5) is 55.9. The summed E-state index contributed by atoms with van der Waals surface area (Å²) < 4.78 is 5.27. The number of hydrogen-bond donors (Lipinski definition) is 4. The standard InChI is InChI=1S/C25H30ClN5O5/c1-36-19-4-3-15-14(20(19)26)10-17(29-15)24(35)31-12-25(6-2-7-25)11-18(31)23(34)30-16(21(27)32)9-13-5-8-28-22(13)33/h3-4,10,13,16,18,29H,2,5-9,11-12H2,1H3,(H2,27,32)(H,28,33)(H,30,34)/t13-,16-,18?/m0/s1. The zero-order chi connectivity index (χ0) is 25.6. The minimum Gasteiger partial charge on any atom is -0.495 e. The van der Waals surface area contributed by atoms with Gasteiger partial charge in [0, 0.05) is 29.9 Å². The molecule has 0 radical (unpaired) electrons. The number of ether oxygens (including phenoxy) is 1. The van der Waals surface area contributed by atoms with Crippen LogP contribution in [-0.2, 0) is 14.4 Å². The number of primary amides is 1. The van der Waals surface area contributed by atoms with Crippen LogP contribution in [0.5, 0.6) is 5.75 Å². The molecule has 1 spiro atoms. The third-order valence-corrected chi connectivity index (χ3v) is 8.37. The topological polar surface area (TPSA) is 147 Å². The number of H-pyrrole nitrogens is 1. The Kier molecular flexibility index (Phi) is 6.32. The average Bonchev–Trinajstić information content (AvgIpc) is 3.55. The van der Waals surface area contributed by atoms with Crippen molar-refractivity contribution in [2.75, 3.05) is 20.2 Å². The number of methoxy groups -OCH3 is 1. The first-order valence-electron chi connectivity index (χ1n) is 12.2. The van der Waals surface area contributed by atoms with Crippen LogP contribution < -0.4 is 21.1 Å². The predicted octanol–water partition coefficient (Wildman–Crippen LogP) is 1.71. The molecule has 2 aromatic rings. The molecule has 192 valence electrons. The third kappa shape index (κ3) is 4.27. The number of aromatic nitrogens is 1. The van der Waals surface area contributed by atoms with E-state index in [9.17, 15) is 19.2 Å². The van der Waals surface area contributed by atoms with E-state index in [2.05, 4.69) is 15.6 Å². The Labute approximate surface area is 213 Å². The zero-order valence-electron chi connectivity index (χ0n) is 20.1. The van der Waals surface area contributed by atoms with Gasteiger partial charge in [0.1, 0.15) is 23.5 Å². The molecule has 1 unspecified atom stereocenters. The van der Waals surface area contributed by atoms with Gasteiger partial charge in [-0.3, -0.25) is 19.2 Å². The van der Waals surface area contributed by atoms with E-state index < -0.39 is 23.9 Å². The van der Waals surface area contributed by atoms with Crippen LogP contribution in [0.1, 0.15) is 49.0 Å². The molecular formula is C25H30ClN5O5. The number of nitrogens with zero attached hydrogens (tertiary/aromatic N) is 1. The summed E-state index contributed by atoms with van der Waals surface area (Å²) in [6, 6.07) is 3.46. The van der Waals surface area contributed by atoms with Crippen molar-refractivity contribution in [2.24, 2.45) is 17.1 Å². The minimum absolute atomic E-state index is 0.0991. The number of benzene rings is 1. The van der Waals surface area contributed by atoms with Crippen LogP contribution in [0.4, 0.5) is 0 Å². The van der Waals surface area contributed by atoms with E-state index >= 15 is 0 Å². The van der Waals surface area contributed by atoms with Gasteiger partial charge < -0.3 is 31.0 Å². The summed E-state index contributed by atoms with van der Waals surface area (Å²) in [5.74, 6) is -1.45. The van der Waals surface area contributed by atoms with E-state index in [1.807, 2.05) is 0 Å². The van der Waals surface area contributed by atoms with Crippen molar-refractivity contribution in [3.05, 3.63) is 28.9 Å². The molecule has 2 saturated heterocycles. The number of carbonyl (C=O) groups is 4. The summed E-state index contributed by atoms with van der Waals surface area (Å²) in [7, 11) is 1.52. The summed E-state index contributed by atoms with van der Waals surface area (Å²) in [6.07, 6.45) is 4.19. The number of hydrogen-bond acceptors (Lipinski definition) is 5. The maximum Gasteiger partial charge on any atom is 0.271 e. The molecule has 3 fully saturated rings. The SMILES string of the molecule is COc1ccc2[nH]c(C(=O)N3CC4(CCC4)CC3C(=O)N[C@@H](C[C@@H]3CCNC3=O)C(N)=O)cc2c1Cl. The van der Waals surface area contributed by atoms with Gasteiger partial charge in [-0.15, -0.1) is 0 Å². The van der Waals surface area contributed by atoms with Crippen molar-refractivity contribution in [1.82, 2.24) is 20.5 Å². The summed E-state index contributed by atoms with van der Waals surface area (Å²) in [5.41, 5.74) is 6.48. The second-order valence-electron chi connectivity index (χ2n) is 10.2. The number of aromatic amines is 1. The Bertz CT molecular complexity index is 1240. The van der Waals surface area contributed by atoms with Gasteiger partial charge in [-0.1, -0.05) is 18.0 Å². The van der Waals surface area contributed by atoms with E-state index in [1.165, 1.54) is 7.11 Å². The fourth-order valence-electron chi connectivity index (χ4n) is 5.79. The molecule has 11 heteroatoms. The van der Waals surface area contributed by atoms with Crippen molar-refractivity contribution in [3.63, 3.8) is 0 Å². The number of likely N-dealkylation sites (tertiary alicyclic amines) is 1. The highest BCUT2D eigenvalue weighted by Crippen LogP contribution is 2.50. The first-order chi connectivity index (χ1) is 17.2. The Morgan fingerprint density at radius 2 is 2.11 bits per heavy atom. The molecule has 1 aliphatic carbocycles. The molecule has 5 N–H and O–H groups in total. The van der Waals surface area contributed by atoms with E-state index in [0.717, 1.165) is 19.3 Å². The quantitative estimate of drug-likeness (QED) is 0.443. The average molecular weight is 516 g/mol. The predicted molar refractivity (Wildman–Crippen MR) is 132 cm³/mol. The summed E-state index contributed by atoms with van der Waals surface area (Å²) >= 11 is 6.44. The van der Waals surface area contributed by atoms with Crippen molar-refractivity contribution in [1.29, 1.82) is 0 Å². The molecule has 3 heterocycles. The van der Waals surface area contributed by atoms with Crippen molar-refractivity contribution in [2.45, 2.75) is 50.6 Å². The highest BCUT2D eigenvalue weighted by Gasteiger charge is 2.52. The second-order valence-corrected chi connectivity index (χ2v) is 10.6. The highest BCUT2D eigenvalue weighted by molar-refractivity contribution is 6.37. The van der Waals surface area contributed by atoms with Crippen LogP contribution in [0.25, 0.3) is 10.9 Å².